The summed E-state index contributed by atoms with van der Waals surface area (Å²) in [7, 11) is 0. The van der Waals surface area contributed by atoms with Gasteiger partial charge in [-0.3, -0.25) is 9.59 Å². The van der Waals surface area contributed by atoms with Gasteiger partial charge in [0.2, 0.25) is 0 Å². The normalized spacial score (nSPS) is 12.1. The monoisotopic (exact) mass is 420 g/mol. The standard InChI is InChI=1S/C21H20N6O4/c1-2-31-16-10-13(12-5-3-4-11(8-12)9-15(22)21(29)30)6-7-14(16)18-23-19-17(20(28)24-18)25-27-26-19/h3-8,10,15H,2,9,22H2,1H3,(H,29,30)(H2,23,24,25,26,27,28)/t15-/m0/s1. The summed E-state index contributed by atoms with van der Waals surface area (Å²) in [6.07, 6.45) is 0.225. The summed E-state index contributed by atoms with van der Waals surface area (Å²) in [5.41, 5.74) is 8.86. The average molecular weight is 420 g/mol. The van der Waals surface area contributed by atoms with Crippen LogP contribution < -0.4 is 16.0 Å². The van der Waals surface area contributed by atoms with E-state index in [2.05, 4.69) is 25.4 Å². The summed E-state index contributed by atoms with van der Waals surface area (Å²) in [4.78, 5) is 30.4. The second kappa shape index (κ2) is 8.36. The molecule has 10 nitrogen and oxygen atoms in total. The van der Waals surface area contributed by atoms with Crippen molar-refractivity contribution < 1.29 is 14.6 Å². The molecule has 158 valence electrons. The second-order valence-corrected chi connectivity index (χ2v) is 6.92. The minimum Gasteiger partial charge on any atom is -0.493 e. The van der Waals surface area contributed by atoms with Crippen molar-refractivity contribution >= 4 is 17.1 Å². The molecule has 0 radical (unpaired) electrons. The molecule has 0 fully saturated rings. The zero-order valence-electron chi connectivity index (χ0n) is 16.6. The molecule has 4 rings (SSSR count). The number of aromatic nitrogens is 5. The summed E-state index contributed by atoms with van der Waals surface area (Å²) in [6, 6.07) is 12.1. The molecule has 10 heteroatoms. The number of nitrogens with one attached hydrogen (secondary N) is 2. The number of nitrogens with two attached hydrogens (primary N) is 1. The molecule has 0 saturated carbocycles. The predicted molar refractivity (Wildman–Crippen MR) is 114 cm³/mol. The first-order valence-electron chi connectivity index (χ1n) is 9.62. The number of carboxylic acid groups (broad SMARTS) is 1. The third kappa shape index (κ3) is 4.14. The molecule has 5 N–H and O–H groups in total. The SMILES string of the molecule is CCOc1cc(-c2cccc(C[C@H](N)C(=O)O)c2)ccc1-c1nc2[nH]nnc2c(=O)[nH]1. The van der Waals surface area contributed by atoms with Crippen molar-refractivity contribution in [3.8, 4) is 28.3 Å². The van der Waals surface area contributed by atoms with Gasteiger partial charge < -0.3 is 20.6 Å². The minimum absolute atomic E-state index is 0.134. The number of H-pyrrole nitrogens is 2. The van der Waals surface area contributed by atoms with Crippen LogP contribution in [0.25, 0.3) is 33.7 Å². The Bertz CT molecular complexity index is 1310. The van der Waals surface area contributed by atoms with Gasteiger partial charge in [-0.2, -0.15) is 0 Å². The molecule has 2 aromatic carbocycles. The van der Waals surface area contributed by atoms with Gasteiger partial charge in [0.05, 0.1) is 12.2 Å². The van der Waals surface area contributed by atoms with Gasteiger partial charge in [-0.15, -0.1) is 5.10 Å². The van der Waals surface area contributed by atoms with Crippen molar-refractivity contribution in [3.05, 3.63) is 58.4 Å². The largest absolute Gasteiger partial charge is 0.493 e. The van der Waals surface area contributed by atoms with Gasteiger partial charge in [-0.25, -0.2) is 10.1 Å². The van der Waals surface area contributed by atoms with E-state index < -0.39 is 17.6 Å². The highest BCUT2D eigenvalue weighted by atomic mass is 16.5. The molecule has 0 amide bonds. The number of fused-ring (bicyclic) bond motifs is 1. The third-order valence-corrected chi connectivity index (χ3v) is 4.77. The Morgan fingerprint density at radius 3 is 2.81 bits per heavy atom. The van der Waals surface area contributed by atoms with E-state index in [1.165, 1.54) is 0 Å². The fraction of sp³-hybridized carbons (Fsp3) is 0.190. The number of ether oxygens (including phenoxy) is 1. The van der Waals surface area contributed by atoms with Crippen LogP contribution >= 0.6 is 0 Å². The number of aromatic amines is 2. The summed E-state index contributed by atoms with van der Waals surface area (Å²) in [5, 5.41) is 19.0. The molecular weight excluding hydrogens is 400 g/mol. The predicted octanol–water partition coefficient (Wildman–Crippen LogP) is 1.73. The maximum Gasteiger partial charge on any atom is 0.320 e. The van der Waals surface area contributed by atoms with Crippen LogP contribution in [0.1, 0.15) is 12.5 Å². The molecule has 0 aliphatic rings. The zero-order chi connectivity index (χ0) is 22.0. The Balaban J connectivity index is 1.74. The molecule has 31 heavy (non-hydrogen) atoms. The Morgan fingerprint density at radius 2 is 2.03 bits per heavy atom. The smallest absolute Gasteiger partial charge is 0.320 e. The van der Waals surface area contributed by atoms with Crippen molar-refractivity contribution in [2.24, 2.45) is 5.73 Å². The van der Waals surface area contributed by atoms with Gasteiger partial charge in [0.25, 0.3) is 5.56 Å². The third-order valence-electron chi connectivity index (χ3n) is 4.77. The van der Waals surface area contributed by atoms with Crippen molar-refractivity contribution in [2.75, 3.05) is 6.61 Å². The van der Waals surface area contributed by atoms with E-state index >= 15 is 0 Å². The first-order chi connectivity index (χ1) is 15.0. The summed E-state index contributed by atoms with van der Waals surface area (Å²) >= 11 is 0. The maximum absolute atomic E-state index is 12.3. The first kappa shape index (κ1) is 20.2. The number of nitrogens with zero attached hydrogens (tertiary/aromatic N) is 3. The molecule has 0 saturated heterocycles. The van der Waals surface area contributed by atoms with E-state index in [4.69, 9.17) is 15.6 Å². The lowest BCUT2D eigenvalue weighted by Gasteiger charge is -2.13. The number of hydrogen-bond donors (Lipinski definition) is 4. The molecule has 0 aliphatic heterocycles. The number of aliphatic carboxylic acids is 1. The van der Waals surface area contributed by atoms with E-state index in [0.29, 0.717) is 23.7 Å². The highest BCUT2D eigenvalue weighted by Gasteiger charge is 2.15. The summed E-state index contributed by atoms with van der Waals surface area (Å²) in [5.74, 6) is -0.165. The molecule has 0 spiro atoms. The van der Waals surface area contributed by atoms with Crippen LogP contribution in [0.2, 0.25) is 0 Å². The van der Waals surface area contributed by atoms with E-state index in [9.17, 15) is 9.59 Å². The second-order valence-electron chi connectivity index (χ2n) is 6.92. The molecule has 4 aromatic rings. The van der Waals surface area contributed by atoms with E-state index in [0.717, 1.165) is 16.7 Å². The van der Waals surface area contributed by atoms with Gasteiger partial charge >= 0.3 is 5.97 Å². The molecule has 2 aromatic heterocycles. The minimum atomic E-state index is -1.04. The van der Waals surface area contributed by atoms with Crippen LogP contribution in [-0.4, -0.2) is 49.1 Å². The number of benzene rings is 2. The average Bonchev–Trinajstić information content (AvgIpc) is 3.23. The Labute approximate surface area is 176 Å². The van der Waals surface area contributed by atoms with Crippen molar-refractivity contribution in [1.82, 2.24) is 25.4 Å². The van der Waals surface area contributed by atoms with Gasteiger partial charge in [0, 0.05) is 0 Å². The summed E-state index contributed by atoms with van der Waals surface area (Å²) < 4.78 is 5.81. The van der Waals surface area contributed by atoms with Crippen molar-refractivity contribution in [2.45, 2.75) is 19.4 Å². The van der Waals surface area contributed by atoms with Crippen molar-refractivity contribution in [3.63, 3.8) is 0 Å². The quantitative estimate of drug-likeness (QED) is 0.352. The lowest BCUT2D eigenvalue weighted by molar-refractivity contribution is -0.138. The highest BCUT2D eigenvalue weighted by molar-refractivity contribution is 5.77. The fourth-order valence-electron chi connectivity index (χ4n) is 3.28. The molecule has 1 atom stereocenters. The lowest BCUT2D eigenvalue weighted by Crippen LogP contribution is -2.32. The molecule has 2 heterocycles. The van der Waals surface area contributed by atoms with Crippen LogP contribution in [0.3, 0.4) is 0 Å². The maximum atomic E-state index is 12.3. The molecule has 0 unspecified atom stereocenters. The molecule has 0 bridgehead atoms. The van der Waals surface area contributed by atoms with E-state index in [1.807, 2.05) is 49.4 Å². The van der Waals surface area contributed by atoms with Crippen LogP contribution in [0.4, 0.5) is 0 Å². The number of hydrogen-bond acceptors (Lipinski definition) is 7. The Kier molecular flexibility index (Phi) is 5.46. The lowest BCUT2D eigenvalue weighted by atomic mass is 9.98. The number of carbonyl (C=O) groups is 1. The molecular formula is C21H20N6O4. The first-order valence-corrected chi connectivity index (χ1v) is 9.62. The van der Waals surface area contributed by atoms with Crippen LogP contribution in [0.5, 0.6) is 5.75 Å². The van der Waals surface area contributed by atoms with Crippen molar-refractivity contribution in [1.29, 1.82) is 0 Å². The Morgan fingerprint density at radius 1 is 1.23 bits per heavy atom. The van der Waals surface area contributed by atoms with Gasteiger partial charge in [-0.1, -0.05) is 35.5 Å². The molecule has 0 aliphatic carbocycles. The van der Waals surface area contributed by atoms with Gasteiger partial charge in [0.1, 0.15) is 17.6 Å². The van der Waals surface area contributed by atoms with Crippen LogP contribution in [-0.2, 0) is 11.2 Å². The Hall–Kier alpha value is -4.05. The topological polar surface area (TPSA) is 160 Å². The fourth-order valence-corrected chi connectivity index (χ4v) is 3.28. The van der Waals surface area contributed by atoms with Gasteiger partial charge in [0.15, 0.2) is 11.2 Å². The van der Waals surface area contributed by atoms with E-state index in [1.54, 1.807) is 0 Å². The van der Waals surface area contributed by atoms with E-state index in [-0.39, 0.29) is 17.6 Å². The van der Waals surface area contributed by atoms with Crippen LogP contribution in [0.15, 0.2) is 47.3 Å². The zero-order valence-corrected chi connectivity index (χ0v) is 16.6. The highest BCUT2D eigenvalue weighted by Crippen LogP contribution is 2.33. The number of rotatable bonds is 7. The number of carboxylic acids is 1. The van der Waals surface area contributed by atoms with Gasteiger partial charge in [-0.05, 0) is 42.2 Å². The summed E-state index contributed by atoms with van der Waals surface area (Å²) in [6.45, 7) is 2.28. The van der Waals surface area contributed by atoms with Crippen LogP contribution in [0, 0.1) is 0 Å².